The van der Waals surface area contributed by atoms with Gasteiger partial charge in [0.2, 0.25) is 11.8 Å². The van der Waals surface area contributed by atoms with Crippen molar-refractivity contribution in [2.45, 2.75) is 64.1 Å². The zero-order valence-corrected chi connectivity index (χ0v) is 28.7. The summed E-state index contributed by atoms with van der Waals surface area (Å²) in [5.41, 5.74) is 3.61. The molecule has 2 atom stereocenters. The Morgan fingerprint density at radius 3 is 2.11 bits per heavy atom. The molecule has 0 saturated heterocycles. The molecule has 10 heteroatoms. The topological polar surface area (TPSA) is 86.8 Å². The monoisotopic (exact) mass is 679 g/mol. The third-order valence-electron chi connectivity index (χ3n) is 8.02. The van der Waals surface area contributed by atoms with Gasteiger partial charge in [0.05, 0.1) is 10.6 Å². The lowest BCUT2D eigenvalue weighted by atomic mass is 10.0. The van der Waals surface area contributed by atoms with Crippen LogP contribution in [-0.4, -0.2) is 43.8 Å². The second-order valence-electron chi connectivity index (χ2n) is 11.4. The van der Waals surface area contributed by atoms with E-state index in [-0.39, 0.29) is 29.8 Å². The van der Waals surface area contributed by atoms with Gasteiger partial charge >= 0.3 is 0 Å². The van der Waals surface area contributed by atoms with Gasteiger partial charge in [-0.3, -0.25) is 13.9 Å². The van der Waals surface area contributed by atoms with Crippen molar-refractivity contribution in [3.63, 3.8) is 0 Å². The number of nitrogens with one attached hydrogen (secondary N) is 1. The molecule has 0 fully saturated rings. The van der Waals surface area contributed by atoms with Crippen LogP contribution in [0.25, 0.3) is 0 Å². The normalized spacial score (nSPS) is 12.7. The number of amides is 2. The van der Waals surface area contributed by atoms with E-state index < -0.39 is 28.5 Å². The summed E-state index contributed by atoms with van der Waals surface area (Å²) < 4.78 is 29.4. The van der Waals surface area contributed by atoms with Crippen LogP contribution in [0, 0.1) is 13.8 Å². The molecule has 242 valence electrons. The number of anilines is 1. The van der Waals surface area contributed by atoms with Crippen molar-refractivity contribution in [2.24, 2.45) is 0 Å². The number of benzene rings is 4. The van der Waals surface area contributed by atoms with Crippen molar-refractivity contribution in [1.82, 2.24) is 10.2 Å². The van der Waals surface area contributed by atoms with Crippen LogP contribution in [0.2, 0.25) is 10.0 Å². The zero-order chi connectivity index (χ0) is 33.4. The first-order valence-corrected chi connectivity index (χ1v) is 17.3. The molecule has 0 heterocycles. The van der Waals surface area contributed by atoms with Crippen LogP contribution >= 0.6 is 23.2 Å². The highest BCUT2D eigenvalue weighted by molar-refractivity contribution is 7.92. The number of halogens is 2. The number of aryl methyl sites for hydroxylation is 2. The highest BCUT2D eigenvalue weighted by Gasteiger charge is 2.35. The van der Waals surface area contributed by atoms with Gasteiger partial charge in [0.1, 0.15) is 12.6 Å². The summed E-state index contributed by atoms with van der Waals surface area (Å²) in [5, 5.41) is 3.79. The first-order valence-electron chi connectivity index (χ1n) is 15.1. The zero-order valence-electron chi connectivity index (χ0n) is 26.4. The van der Waals surface area contributed by atoms with E-state index in [2.05, 4.69) is 5.32 Å². The van der Waals surface area contributed by atoms with Crippen molar-refractivity contribution < 1.29 is 18.0 Å². The lowest BCUT2D eigenvalue weighted by molar-refractivity contribution is -0.140. The predicted octanol–water partition coefficient (Wildman–Crippen LogP) is 7.36. The van der Waals surface area contributed by atoms with Crippen LogP contribution in [0.1, 0.15) is 42.5 Å². The summed E-state index contributed by atoms with van der Waals surface area (Å²) >= 11 is 12.8. The van der Waals surface area contributed by atoms with Crippen LogP contribution in [0.3, 0.4) is 0 Å². The molecular formula is C36H39Cl2N3O4S. The second kappa shape index (κ2) is 15.6. The van der Waals surface area contributed by atoms with Gasteiger partial charge in [-0.1, -0.05) is 90.8 Å². The van der Waals surface area contributed by atoms with Crippen molar-refractivity contribution in [2.75, 3.05) is 10.8 Å². The number of carbonyl (C=O) groups excluding carboxylic acids is 2. The summed E-state index contributed by atoms with van der Waals surface area (Å²) in [4.78, 5) is 30.0. The van der Waals surface area contributed by atoms with Gasteiger partial charge in [-0.25, -0.2) is 8.42 Å². The van der Waals surface area contributed by atoms with Crippen molar-refractivity contribution in [3.05, 3.63) is 129 Å². The quantitative estimate of drug-likeness (QED) is 0.160. The molecule has 0 radical (unpaired) electrons. The third kappa shape index (κ3) is 8.69. The average molecular weight is 681 g/mol. The third-order valence-corrected chi connectivity index (χ3v) is 10.4. The smallest absolute Gasteiger partial charge is 0.264 e. The first kappa shape index (κ1) is 35.0. The van der Waals surface area contributed by atoms with Crippen LogP contribution in [0.15, 0.2) is 102 Å². The van der Waals surface area contributed by atoms with E-state index in [0.717, 1.165) is 21.0 Å². The molecule has 4 aromatic carbocycles. The number of sulfonamides is 1. The summed E-state index contributed by atoms with van der Waals surface area (Å²) in [6, 6.07) is 26.5. The largest absolute Gasteiger partial charge is 0.352 e. The number of hydrogen-bond acceptors (Lipinski definition) is 4. The first-order chi connectivity index (χ1) is 21.9. The van der Waals surface area contributed by atoms with Crippen molar-refractivity contribution in [3.8, 4) is 0 Å². The molecule has 0 saturated carbocycles. The minimum absolute atomic E-state index is 0.0451. The molecule has 4 rings (SSSR count). The van der Waals surface area contributed by atoms with Gasteiger partial charge in [-0.15, -0.1) is 0 Å². The van der Waals surface area contributed by atoms with Crippen molar-refractivity contribution >= 4 is 50.7 Å². The fourth-order valence-electron chi connectivity index (χ4n) is 4.96. The number of carbonyl (C=O) groups is 2. The van der Waals surface area contributed by atoms with Crippen LogP contribution in [0.4, 0.5) is 5.69 Å². The van der Waals surface area contributed by atoms with Gasteiger partial charge in [-0.05, 0) is 85.8 Å². The van der Waals surface area contributed by atoms with E-state index in [9.17, 15) is 18.0 Å². The Kier molecular flexibility index (Phi) is 11.9. The standard InChI is InChI=1S/C36H39Cl2N3O4S/c1-5-27(4)39-36(43)34(21-28-12-8-6-9-13-28)40(23-29-17-18-30(37)22-33(29)38)35(42)24-41(31-19-16-25(2)26(3)20-31)46(44,45)32-14-10-7-11-15-32/h6-20,22,27,34H,5,21,23-24H2,1-4H3,(H,39,43)/t27-,34+/m1/s1. The van der Waals surface area contributed by atoms with Gasteiger partial charge in [0, 0.05) is 29.1 Å². The predicted molar refractivity (Wildman–Crippen MR) is 186 cm³/mol. The Morgan fingerprint density at radius 1 is 0.848 bits per heavy atom. The van der Waals surface area contributed by atoms with Crippen LogP contribution in [-0.2, 0) is 32.6 Å². The maximum absolute atomic E-state index is 14.6. The molecule has 46 heavy (non-hydrogen) atoms. The van der Waals surface area contributed by atoms with Crippen LogP contribution in [0.5, 0.6) is 0 Å². The Labute approximate surface area is 282 Å². The minimum atomic E-state index is -4.18. The molecule has 0 aliphatic heterocycles. The lowest BCUT2D eigenvalue weighted by Crippen LogP contribution is -2.54. The van der Waals surface area contributed by atoms with Crippen molar-refractivity contribution in [1.29, 1.82) is 0 Å². The highest BCUT2D eigenvalue weighted by Crippen LogP contribution is 2.28. The number of hydrogen-bond donors (Lipinski definition) is 1. The highest BCUT2D eigenvalue weighted by atomic mass is 35.5. The molecule has 2 amide bonds. The molecule has 7 nitrogen and oxygen atoms in total. The summed E-state index contributed by atoms with van der Waals surface area (Å²) in [6.45, 7) is 7.08. The maximum atomic E-state index is 14.6. The Hall–Kier alpha value is -3.85. The lowest BCUT2D eigenvalue weighted by Gasteiger charge is -2.34. The maximum Gasteiger partial charge on any atom is 0.264 e. The molecule has 0 bridgehead atoms. The van der Waals surface area contributed by atoms with E-state index >= 15 is 0 Å². The van der Waals surface area contributed by atoms with E-state index in [1.807, 2.05) is 64.1 Å². The summed E-state index contributed by atoms with van der Waals surface area (Å²) in [6.07, 6.45) is 0.895. The molecule has 0 unspecified atom stereocenters. The number of rotatable bonds is 13. The van der Waals surface area contributed by atoms with Gasteiger partial charge < -0.3 is 10.2 Å². The second-order valence-corrected chi connectivity index (χ2v) is 14.1. The average Bonchev–Trinajstić information content (AvgIpc) is 3.04. The van der Waals surface area contributed by atoms with E-state index in [4.69, 9.17) is 23.2 Å². The molecule has 0 aromatic heterocycles. The minimum Gasteiger partial charge on any atom is -0.352 e. The molecule has 0 aliphatic rings. The summed E-state index contributed by atoms with van der Waals surface area (Å²) in [7, 11) is -4.18. The SMILES string of the molecule is CC[C@@H](C)NC(=O)[C@H](Cc1ccccc1)N(Cc1ccc(Cl)cc1Cl)C(=O)CN(c1ccc(C)c(C)c1)S(=O)(=O)c1ccccc1. The van der Waals surface area contributed by atoms with Gasteiger partial charge in [-0.2, -0.15) is 0 Å². The van der Waals surface area contributed by atoms with E-state index in [1.54, 1.807) is 48.5 Å². The number of nitrogens with zero attached hydrogens (tertiary/aromatic N) is 2. The molecular weight excluding hydrogens is 641 g/mol. The molecule has 4 aromatic rings. The van der Waals surface area contributed by atoms with Crippen LogP contribution < -0.4 is 9.62 Å². The molecule has 1 N–H and O–H groups in total. The van der Waals surface area contributed by atoms with Gasteiger partial charge in [0.25, 0.3) is 10.0 Å². The Bertz CT molecular complexity index is 1770. The molecule has 0 spiro atoms. The fraction of sp³-hybridized carbons (Fsp3) is 0.278. The van der Waals surface area contributed by atoms with Gasteiger partial charge in [0.15, 0.2) is 0 Å². The van der Waals surface area contributed by atoms with E-state index in [0.29, 0.717) is 27.7 Å². The van der Waals surface area contributed by atoms with E-state index in [1.165, 1.54) is 17.0 Å². The molecule has 0 aliphatic carbocycles. The Balaban J connectivity index is 1.84. The fourth-order valence-corrected chi connectivity index (χ4v) is 6.85. The Morgan fingerprint density at radius 2 is 1.50 bits per heavy atom. The summed E-state index contributed by atoms with van der Waals surface area (Å²) in [5.74, 6) is -0.913.